The first-order valence-electron chi connectivity index (χ1n) is 8.09. The van der Waals surface area contributed by atoms with Crippen molar-refractivity contribution < 1.29 is 45.5 Å². The van der Waals surface area contributed by atoms with Gasteiger partial charge in [0.15, 0.2) is 6.61 Å². The summed E-state index contributed by atoms with van der Waals surface area (Å²) in [4.78, 5) is 35.3. The van der Waals surface area contributed by atoms with Crippen LogP contribution in [0, 0.1) is 0 Å². The van der Waals surface area contributed by atoms with Crippen molar-refractivity contribution in [2.45, 2.75) is 12.4 Å². The molecule has 0 atom stereocenters. The maximum atomic E-state index is 12.8. The number of alkyl halides is 6. The van der Waals surface area contributed by atoms with Gasteiger partial charge in [0.2, 0.25) is 0 Å². The fraction of sp³-hybridized carbons (Fsp3) is 0.167. The Hall–Kier alpha value is -3.09. The van der Waals surface area contributed by atoms with E-state index in [1.54, 1.807) is 12.1 Å². The topological polar surface area (TPSA) is 84.5 Å². The molecule has 0 spiro atoms. The number of hydrogen-bond acceptors (Lipinski definition) is 4. The zero-order chi connectivity index (χ0) is 23.4. The highest BCUT2D eigenvalue weighted by Gasteiger charge is 2.37. The van der Waals surface area contributed by atoms with Crippen LogP contribution in [0.5, 0.6) is 0 Å². The number of benzene rings is 2. The second-order valence-corrected chi connectivity index (χ2v) is 6.80. The SMILES string of the molecule is O=C(COC(=O)c1cc(C(F)(F)F)cc(C(F)(F)F)c1)NNC(=O)c1ccc(Br)cc1. The summed E-state index contributed by atoms with van der Waals surface area (Å²) in [6.45, 7) is -1.07. The van der Waals surface area contributed by atoms with Gasteiger partial charge in [-0.1, -0.05) is 15.9 Å². The van der Waals surface area contributed by atoms with Gasteiger partial charge in [-0.3, -0.25) is 20.4 Å². The fourth-order valence-electron chi connectivity index (χ4n) is 2.12. The van der Waals surface area contributed by atoms with E-state index in [1.807, 2.05) is 10.9 Å². The van der Waals surface area contributed by atoms with Gasteiger partial charge in [-0.25, -0.2) is 4.79 Å². The molecule has 13 heteroatoms. The summed E-state index contributed by atoms with van der Waals surface area (Å²) in [5.41, 5.74) is -0.409. The van der Waals surface area contributed by atoms with Crippen molar-refractivity contribution in [2.75, 3.05) is 6.61 Å². The van der Waals surface area contributed by atoms with Gasteiger partial charge < -0.3 is 4.74 Å². The molecule has 31 heavy (non-hydrogen) atoms. The quantitative estimate of drug-likeness (QED) is 0.367. The van der Waals surface area contributed by atoms with Crippen LogP contribution in [0.3, 0.4) is 0 Å². The highest BCUT2D eigenvalue weighted by molar-refractivity contribution is 9.10. The van der Waals surface area contributed by atoms with E-state index in [-0.39, 0.29) is 23.8 Å². The van der Waals surface area contributed by atoms with E-state index >= 15 is 0 Å². The molecule has 2 aromatic rings. The van der Waals surface area contributed by atoms with Crippen LogP contribution in [0.2, 0.25) is 0 Å². The third-order valence-corrected chi connectivity index (χ3v) is 4.11. The average molecular weight is 513 g/mol. The van der Waals surface area contributed by atoms with Gasteiger partial charge >= 0.3 is 18.3 Å². The minimum absolute atomic E-state index is 0.152. The number of rotatable bonds is 4. The Balaban J connectivity index is 2.00. The van der Waals surface area contributed by atoms with Crippen molar-refractivity contribution in [1.29, 1.82) is 0 Å². The number of nitrogens with one attached hydrogen (secondary N) is 2. The van der Waals surface area contributed by atoms with Crippen LogP contribution in [0.4, 0.5) is 26.3 Å². The van der Waals surface area contributed by atoms with E-state index in [4.69, 9.17) is 0 Å². The first-order chi connectivity index (χ1) is 14.3. The van der Waals surface area contributed by atoms with E-state index < -0.39 is 53.4 Å². The smallest absolute Gasteiger partial charge is 0.416 e. The number of hydrogen-bond donors (Lipinski definition) is 2. The molecule has 0 saturated carbocycles. The molecule has 0 fully saturated rings. The standard InChI is InChI=1S/C18H11BrF6N2O4/c19-13-3-1-9(2-4-13)15(29)27-26-14(28)8-31-16(30)10-5-11(17(20,21)22)7-12(6-10)18(23,24)25/h1-7H,8H2,(H,26,28)(H,27,29). The number of ether oxygens (including phenoxy) is 1. The van der Waals surface area contributed by atoms with Crippen molar-refractivity contribution in [1.82, 2.24) is 10.9 Å². The average Bonchev–Trinajstić information content (AvgIpc) is 2.69. The molecule has 0 radical (unpaired) electrons. The molecule has 166 valence electrons. The van der Waals surface area contributed by atoms with Crippen LogP contribution in [0.15, 0.2) is 46.9 Å². The highest BCUT2D eigenvalue weighted by Crippen LogP contribution is 2.36. The first kappa shape index (κ1) is 24.2. The molecule has 2 rings (SSSR count). The van der Waals surface area contributed by atoms with E-state index in [1.165, 1.54) is 12.1 Å². The lowest BCUT2D eigenvalue weighted by Crippen LogP contribution is -2.43. The molecular weight excluding hydrogens is 502 g/mol. The summed E-state index contributed by atoms with van der Waals surface area (Å²) < 4.78 is 82.1. The van der Waals surface area contributed by atoms with Crippen LogP contribution in [0.1, 0.15) is 31.8 Å². The van der Waals surface area contributed by atoms with E-state index in [0.717, 1.165) is 0 Å². The Bertz CT molecular complexity index is 958. The Kier molecular flexibility index (Phi) is 7.31. The lowest BCUT2D eigenvalue weighted by molar-refractivity contribution is -0.143. The molecule has 0 aliphatic rings. The molecule has 2 amide bonds. The number of amides is 2. The Labute approximate surface area is 178 Å². The van der Waals surface area contributed by atoms with Crippen LogP contribution >= 0.6 is 15.9 Å². The summed E-state index contributed by atoms with van der Waals surface area (Å²) in [5, 5.41) is 0. The van der Waals surface area contributed by atoms with Gasteiger partial charge in [0.25, 0.3) is 11.8 Å². The molecule has 0 saturated heterocycles. The summed E-state index contributed by atoms with van der Waals surface area (Å²) >= 11 is 3.17. The minimum Gasteiger partial charge on any atom is -0.452 e. The van der Waals surface area contributed by atoms with Crippen LogP contribution in [0.25, 0.3) is 0 Å². The lowest BCUT2D eigenvalue weighted by atomic mass is 10.0. The van der Waals surface area contributed by atoms with Gasteiger partial charge in [0.05, 0.1) is 16.7 Å². The fourth-order valence-corrected chi connectivity index (χ4v) is 2.39. The highest BCUT2D eigenvalue weighted by atomic mass is 79.9. The number of carbonyl (C=O) groups excluding carboxylic acids is 3. The van der Waals surface area contributed by atoms with Crippen LogP contribution in [-0.2, 0) is 21.9 Å². The Morgan fingerprint density at radius 3 is 1.81 bits per heavy atom. The van der Waals surface area contributed by atoms with Gasteiger partial charge in [-0.05, 0) is 42.5 Å². The third kappa shape index (κ3) is 6.98. The van der Waals surface area contributed by atoms with E-state index in [9.17, 15) is 40.7 Å². The minimum atomic E-state index is -5.15. The molecule has 0 unspecified atom stereocenters. The van der Waals surface area contributed by atoms with Crippen LogP contribution in [-0.4, -0.2) is 24.4 Å². The van der Waals surface area contributed by atoms with Crippen molar-refractivity contribution in [3.05, 3.63) is 69.2 Å². The Morgan fingerprint density at radius 2 is 1.32 bits per heavy atom. The molecule has 6 nitrogen and oxygen atoms in total. The second kappa shape index (κ2) is 9.37. The predicted molar refractivity (Wildman–Crippen MR) is 96.5 cm³/mol. The molecule has 2 aromatic carbocycles. The summed E-state index contributed by atoms with van der Waals surface area (Å²) in [5.74, 6) is -3.40. The van der Waals surface area contributed by atoms with Crippen molar-refractivity contribution >= 4 is 33.7 Å². The summed E-state index contributed by atoms with van der Waals surface area (Å²) in [6, 6.07) is 6.16. The molecule has 2 N–H and O–H groups in total. The third-order valence-electron chi connectivity index (χ3n) is 3.58. The molecule has 0 heterocycles. The largest absolute Gasteiger partial charge is 0.452 e. The summed E-state index contributed by atoms with van der Waals surface area (Å²) in [6.07, 6.45) is -10.3. The maximum absolute atomic E-state index is 12.8. The van der Waals surface area contributed by atoms with Gasteiger partial charge in [-0.2, -0.15) is 26.3 Å². The lowest BCUT2D eigenvalue weighted by Gasteiger charge is -2.14. The molecule has 0 aliphatic carbocycles. The van der Waals surface area contributed by atoms with Gasteiger partial charge in [0, 0.05) is 10.0 Å². The molecular formula is C18H11BrF6N2O4. The van der Waals surface area contributed by atoms with Crippen LogP contribution < -0.4 is 10.9 Å². The zero-order valence-corrected chi connectivity index (χ0v) is 16.6. The number of esters is 1. The van der Waals surface area contributed by atoms with E-state index in [0.29, 0.717) is 4.47 Å². The van der Waals surface area contributed by atoms with E-state index in [2.05, 4.69) is 20.7 Å². The van der Waals surface area contributed by atoms with Crippen molar-refractivity contribution in [2.24, 2.45) is 0 Å². The maximum Gasteiger partial charge on any atom is 0.416 e. The number of carbonyl (C=O) groups is 3. The van der Waals surface area contributed by atoms with Gasteiger partial charge in [-0.15, -0.1) is 0 Å². The molecule has 0 aromatic heterocycles. The van der Waals surface area contributed by atoms with Crippen molar-refractivity contribution in [3.8, 4) is 0 Å². The number of halogens is 7. The predicted octanol–water partition coefficient (Wildman–Crippen LogP) is 4.10. The normalized spacial score (nSPS) is 11.6. The molecule has 0 bridgehead atoms. The number of hydrazine groups is 1. The van der Waals surface area contributed by atoms with Crippen molar-refractivity contribution in [3.63, 3.8) is 0 Å². The Morgan fingerprint density at radius 1 is 0.806 bits per heavy atom. The monoisotopic (exact) mass is 512 g/mol. The second-order valence-electron chi connectivity index (χ2n) is 5.88. The summed E-state index contributed by atoms with van der Waals surface area (Å²) in [7, 11) is 0. The first-order valence-corrected chi connectivity index (χ1v) is 8.88. The van der Waals surface area contributed by atoms with Gasteiger partial charge in [0.1, 0.15) is 0 Å². The zero-order valence-electron chi connectivity index (χ0n) is 15.0. The molecule has 0 aliphatic heterocycles.